The van der Waals surface area contributed by atoms with Crippen molar-refractivity contribution in [3.05, 3.63) is 23.7 Å². The highest BCUT2D eigenvalue weighted by molar-refractivity contribution is 5.90. The molecule has 0 unspecified atom stereocenters. The third-order valence-corrected chi connectivity index (χ3v) is 2.96. The summed E-state index contributed by atoms with van der Waals surface area (Å²) in [6.45, 7) is 0. The van der Waals surface area contributed by atoms with Crippen LogP contribution in [-0.4, -0.2) is 21.0 Å². The van der Waals surface area contributed by atoms with Crippen LogP contribution >= 0.6 is 0 Å². The summed E-state index contributed by atoms with van der Waals surface area (Å²) >= 11 is 0. The third-order valence-electron chi connectivity index (χ3n) is 2.96. The maximum Gasteiger partial charge on any atom is 0.337 e. The van der Waals surface area contributed by atoms with E-state index in [-0.39, 0.29) is 5.56 Å². The Morgan fingerprint density at radius 2 is 2.31 bits per heavy atom. The first-order chi connectivity index (χ1) is 7.74. The van der Waals surface area contributed by atoms with Gasteiger partial charge in [0.05, 0.1) is 5.56 Å². The van der Waals surface area contributed by atoms with Gasteiger partial charge in [-0.25, -0.2) is 9.78 Å². The predicted octanol–water partition coefficient (Wildman–Crippen LogP) is 2.19. The van der Waals surface area contributed by atoms with Gasteiger partial charge in [-0.05, 0) is 12.8 Å². The van der Waals surface area contributed by atoms with Crippen molar-refractivity contribution in [2.45, 2.75) is 25.2 Å². The van der Waals surface area contributed by atoms with E-state index >= 15 is 0 Å². The van der Waals surface area contributed by atoms with Crippen molar-refractivity contribution in [1.29, 1.82) is 0 Å². The molecule has 1 aliphatic carbocycles. The van der Waals surface area contributed by atoms with E-state index in [2.05, 4.69) is 9.97 Å². The zero-order valence-corrected chi connectivity index (χ0v) is 8.51. The van der Waals surface area contributed by atoms with Crippen LogP contribution < -0.4 is 0 Å². The van der Waals surface area contributed by atoms with E-state index in [0.717, 1.165) is 12.8 Å². The van der Waals surface area contributed by atoms with Crippen LogP contribution in [0.5, 0.6) is 0 Å². The number of aromatic nitrogens is 2. The first-order valence-corrected chi connectivity index (χ1v) is 5.24. The molecule has 1 aliphatic rings. The average Bonchev–Trinajstić information content (AvgIpc) is 2.56. The lowest BCUT2D eigenvalue weighted by Crippen LogP contribution is -2.08. The molecule has 0 spiro atoms. The van der Waals surface area contributed by atoms with Gasteiger partial charge in [0.15, 0.2) is 17.1 Å². The Bertz CT molecular complexity index is 557. The summed E-state index contributed by atoms with van der Waals surface area (Å²) in [5.74, 6) is 0.0785. The van der Waals surface area contributed by atoms with E-state index < -0.39 is 5.97 Å². The number of hydrogen-bond donors (Lipinski definition) is 1. The smallest absolute Gasteiger partial charge is 0.337 e. The summed E-state index contributed by atoms with van der Waals surface area (Å²) in [6.07, 6.45) is 4.70. The molecule has 2 aromatic rings. The second-order valence-electron chi connectivity index (χ2n) is 4.03. The molecule has 0 amide bonds. The van der Waals surface area contributed by atoms with Crippen molar-refractivity contribution in [1.82, 2.24) is 9.97 Å². The molecule has 5 nitrogen and oxygen atoms in total. The highest BCUT2D eigenvalue weighted by atomic mass is 16.4. The number of carboxylic acids is 1. The first kappa shape index (κ1) is 9.33. The monoisotopic (exact) mass is 218 g/mol. The molecule has 0 atom stereocenters. The second kappa shape index (κ2) is 3.30. The molecule has 2 heterocycles. The number of oxazole rings is 1. The fraction of sp³-hybridized carbons (Fsp3) is 0.364. The zero-order valence-electron chi connectivity index (χ0n) is 8.51. The lowest BCUT2D eigenvalue weighted by molar-refractivity contribution is 0.0696. The minimum Gasteiger partial charge on any atom is -0.478 e. The second-order valence-corrected chi connectivity index (χ2v) is 4.03. The predicted molar refractivity (Wildman–Crippen MR) is 55.4 cm³/mol. The van der Waals surface area contributed by atoms with Gasteiger partial charge >= 0.3 is 5.97 Å². The number of fused-ring (bicyclic) bond motifs is 1. The molecule has 16 heavy (non-hydrogen) atoms. The summed E-state index contributed by atoms with van der Waals surface area (Å²) in [6, 6.07) is 1.47. The molecule has 1 saturated carbocycles. The number of pyridine rings is 1. The van der Waals surface area contributed by atoms with Gasteiger partial charge in [0.1, 0.15) is 0 Å². The maximum absolute atomic E-state index is 10.8. The number of carbonyl (C=O) groups is 1. The molecule has 82 valence electrons. The minimum atomic E-state index is -1.00. The molecule has 0 aromatic carbocycles. The fourth-order valence-corrected chi connectivity index (χ4v) is 1.78. The maximum atomic E-state index is 10.8. The number of nitrogens with zero attached hydrogens (tertiary/aromatic N) is 2. The van der Waals surface area contributed by atoms with Gasteiger partial charge in [-0.1, -0.05) is 6.42 Å². The van der Waals surface area contributed by atoms with Crippen molar-refractivity contribution in [3.63, 3.8) is 0 Å². The number of aromatic carboxylic acids is 1. The first-order valence-electron chi connectivity index (χ1n) is 5.24. The topological polar surface area (TPSA) is 76.2 Å². The van der Waals surface area contributed by atoms with Gasteiger partial charge in [-0.15, -0.1) is 0 Å². The molecular formula is C11H10N2O3. The molecule has 3 rings (SSSR count). The van der Waals surface area contributed by atoms with Crippen LogP contribution in [0.2, 0.25) is 0 Å². The van der Waals surface area contributed by atoms with Crippen LogP contribution in [0.15, 0.2) is 16.7 Å². The van der Waals surface area contributed by atoms with Crippen LogP contribution in [0.1, 0.15) is 41.4 Å². The van der Waals surface area contributed by atoms with Crippen LogP contribution in [0.3, 0.4) is 0 Å². The minimum absolute atomic E-state index is 0.129. The van der Waals surface area contributed by atoms with Gasteiger partial charge in [-0.2, -0.15) is 4.98 Å². The summed E-state index contributed by atoms with van der Waals surface area (Å²) in [7, 11) is 0. The number of hydrogen-bond acceptors (Lipinski definition) is 4. The summed E-state index contributed by atoms with van der Waals surface area (Å²) in [5.41, 5.74) is 1.08. The zero-order chi connectivity index (χ0) is 11.1. The summed E-state index contributed by atoms with van der Waals surface area (Å²) in [5, 5.41) is 8.82. The van der Waals surface area contributed by atoms with E-state index in [4.69, 9.17) is 9.52 Å². The molecular weight excluding hydrogens is 208 g/mol. The Balaban J connectivity index is 2.06. The Labute approximate surface area is 91.1 Å². The average molecular weight is 218 g/mol. The molecule has 0 radical (unpaired) electrons. The van der Waals surface area contributed by atoms with Crippen LogP contribution in [0.4, 0.5) is 0 Å². The summed E-state index contributed by atoms with van der Waals surface area (Å²) in [4.78, 5) is 19.0. The SMILES string of the molecule is O=C(O)c1cnc2nc(C3CCC3)oc2c1. The lowest BCUT2D eigenvalue weighted by atomic mass is 9.85. The van der Waals surface area contributed by atoms with E-state index in [9.17, 15) is 4.79 Å². The van der Waals surface area contributed by atoms with Crippen molar-refractivity contribution < 1.29 is 14.3 Å². The van der Waals surface area contributed by atoms with Gasteiger partial charge < -0.3 is 9.52 Å². The van der Waals surface area contributed by atoms with Crippen molar-refractivity contribution in [3.8, 4) is 0 Å². The van der Waals surface area contributed by atoms with E-state index in [1.807, 2.05) is 0 Å². The molecule has 5 heteroatoms. The van der Waals surface area contributed by atoms with Crippen molar-refractivity contribution in [2.24, 2.45) is 0 Å². The van der Waals surface area contributed by atoms with Gasteiger partial charge in [0, 0.05) is 18.2 Å². The molecule has 2 aromatic heterocycles. The molecule has 1 fully saturated rings. The van der Waals surface area contributed by atoms with Gasteiger partial charge in [0.2, 0.25) is 0 Å². The Hall–Kier alpha value is -1.91. The fourth-order valence-electron chi connectivity index (χ4n) is 1.78. The third kappa shape index (κ3) is 1.36. The molecule has 1 N–H and O–H groups in total. The van der Waals surface area contributed by atoms with Crippen LogP contribution in [0, 0.1) is 0 Å². The van der Waals surface area contributed by atoms with Crippen molar-refractivity contribution >= 4 is 17.2 Å². The summed E-state index contributed by atoms with van der Waals surface area (Å²) < 4.78 is 5.53. The molecule has 0 bridgehead atoms. The van der Waals surface area contributed by atoms with E-state index in [1.54, 1.807) is 0 Å². The molecule has 0 saturated heterocycles. The largest absolute Gasteiger partial charge is 0.478 e. The Morgan fingerprint density at radius 1 is 1.50 bits per heavy atom. The van der Waals surface area contributed by atoms with Gasteiger partial charge in [0.25, 0.3) is 0 Å². The normalized spacial score (nSPS) is 16.2. The number of rotatable bonds is 2. The Morgan fingerprint density at radius 3 is 2.94 bits per heavy atom. The van der Waals surface area contributed by atoms with Crippen LogP contribution in [-0.2, 0) is 0 Å². The standard InChI is InChI=1S/C11H10N2O3/c14-11(15)7-4-8-9(12-5-7)13-10(16-8)6-2-1-3-6/h4-6H,1-3H2,(H,14,15). The van der Waals surface area contributed by atoms with E-state index in [0.29, 0.717) is 23.0 Å². The van der Waals surface area contributed by atoms with Gasteiger partial charge in [-0.3, -0.25) is 0 Å². The van der Waals surface area contributed by atoms with Crippen molar-refractivity contribution in [2.75, 3.05) is 0 Å². The highest BCUT2D eigenvalue weighted by Gasteiger charge is 2.25. The highest BCUT2D eigenvalue weighted by Crippen LogP contribution is 2.36. The quantitative estimate of drug-likeness (QED) is 0.836. The molecule has 0 aliphatic heterocycles. The Kier molecular flexibility index (Phi) is 1.92. The number of carboxylic acid groups (broad SMARTS) is 1. The van der Waals surface area contributed by atoms with Crippen LogP contribution in [0.25, 0.3) is 11.2 Å². The lowest BCUT2D eigenvalue weighted by Gasteiger charge is -2.21. The van der Waals surface area contributed by atoms with E-state index in [1.165, 1.54) is 18.7 Å².